The van der Waals surface area contributed by atoms with Gasteiger partial charge in [-0.15, -0.1) is 0 Å². The Morgan fingerprint density at radius 2 is 1.75 bits per heavy atom. The molecule has 0 radical (unpaired) electrons. The Kier molecular flexibility index (Phi) is 3.99. The number of nitrogens with zero attached hydrogens (tertiary/aromatic N) is 1. The van der Waals surface area contributed by atoms with Crippen LogP contribution in [0.4, 0.5) is 11.4 Å². The van der Waals surface area contributed by atoms with Crippen LogP contribution < -0.4 is 10.0 Å². The fourth-order valence-corrected chi connectivity index (χ4v) is 3.51. The maximum Gasteiger partial charge on any atom is 0.264 e. The largest absolute Gasteiger partial charge is 0.399 e. The Morgan fingerprint density at radius 3 is 2.30 bits per heavy atom. The molecule has 0 amide bonds. The second-order valence-corrected chi connectivity index (χ2v) is 6.44. The molecule has 2 N–H and O–H groups in total. The Morgan fingerprint density at radius 1 is 1.10 bits per heavy atom. The molecule has 0 aliphatic rings. The minimum atomic E-state index is -3.56. The molecule has 0 atom stereocenters. The van der Waals surface area contributed by atoms with E-state index in [1.54, 1.807) is 18.2 Å². The highest BCUT2D eigenvalue weighted by atomic mass is 32.2. The van der Waals surface area contributed by atoms with Crippen molar-refractivity contribution in [3.63, 3.8) is 0 Å². The van der Waals surface area contributed by atoms with Crippen molar-refractivity contribution in [3.05, 3.63) is 54.1 Å². The van der Waals surface area contributed by atoms with Crippen molar-refractivity contribution in [2.75, 3.05) is 16.6 Å². The summed E-state index contributed by atoms with van der Waals surface area (Å²) in [5, 5.41) is 0. The first kappa shape index (κ1) is 14.4. The summed E-state index contributed by atoms with van der Waals surface area (Å²) in [6.45, 7) is 4.13. The molecule has 0 spiro atoms. The standard InChI is InChI=1S/C15H18N2O2S/c1-3-17(14-6-4-5-12(2)11-14)20(18,19)15-9-7-13(16)8-10-15/h4-11H,3,16H2,1-2H3. The van der Waals surface area contributed by atoms with Gasteiger partial charge in [-0.25, -0.2) is 8.42 Å². The van der Waals surface area contributed by atoms with Crippen LogP contribution in [0.15, 0.2) is 53.4 Å². The van der Waals surface area contributed by atoms with Gasteiger partial charge < -0.3 is 5.73 Å². The fraction of sp³-hybridized carbons (Fsp3) is 0.200. The van der Waals surface area contributed by atoms with Crippen LogP contribution in [-0.2, 0) is 10.0 Å². The number of nitrogen functional groups attached to an aromatic ring is 1. The summed E-state index contributed by atoms with van der Waals surface area (Å²) < 4.78 is 26.7. The Hall–Kier alpha value is -2.01. The first-order valence-electron chi connectivity index (χ1n) is 6.40. The number of benzene rings is 2. The molecule has 0 unspecified atom stereocenters. The lowest BCUT2D eigenvalue weighted by atomic mass is 10.2. The van der Waals surface area contributed by atoms with Crippen molar-refractivity contribution in [2.45, 2.75) is 18.7 Å². The van der Waals surface area contributed by atoms with Crippen molar-refractivity contribution in [3.8, 4) is 0 Å². The number of nitrogens with two attached hydrogens (primary N) is 1. The van der Waals surface area contributed by atoms with Gasteiger partial charge in [-0.05, 0) is 55.8 Å². The number of sulfonamides is 1. The quantitative estimate of drug-likeness (QED) is 0.881. The summed E-state index contributed by atoms with van der Waals surface area (Å²) in [6.07, 6.45) is 0. The maximum atomic E-state index is 12.7. The van der Waals surface area contributed by atoms with E-state index in [1.807, 2.05) is 32.0 Å². The van der Waals surface area contributed by atoms with E-state index in [-0.39, 0.29) is 4.90 Å². The average Bonchev–Trinajstić information content (AvgIpc) is 2.40. The molecule has 2 aromatic rings. The van der Waals surface area contributed by atoms with Gasteiger partial charge in [-0.3, -0.25) is 4.31 Å². The first-order chi connectivity index (χ1) is 9.45. The molecular weight excluding hydrogens is 272 g/mol. The van der Waals surface area contributed by atoms with Crippen LogP contribution in [-0.4, -0.2) is 15.0 Å². The molecule has 0 aliphatic carbocycles. The fourth-order valence-electron chi connectivity index (χ4n) is 2.04. The summed E-state index contributed by atoms with van der Waals surface area (Å²) in [5.74, 6) is 0. The number of hydrogen-bond acceptors (Lipinski definition) is 3. The lowest BCUT2D eigenvalue weighted by Crippen LogP contribution is -2.30. The van der Waals surface area contributed by atoms with E-state index in [1.165, 1.54) is 16.4 Å². The van der Waals surface area contributed by atoms with Gasteiger partial charge in [-0.1, -0.05) is 12.1 Å². The smallest absolute Gasteiger partial charge is 0.264 e. The Labute approximate surface area is 119 Å². The monoisotopic (exact) mass is 290 g/mol. The van der Waals surface area contributed by atoms with E-state index < -0.39 is 10.0 Å². The zero-order chi connectivity index (χ0) is 14.8. The van der Waals surface area contributed by atoms with Crippen LogP contribution in [0.1, 0.15) is 12.5 Å². The van der Waals surface area contributed by atoms with E-state index in [9.17, 15) is 8.42 Å². The number of hydrogen-bond donors (Lipinski definition) is 1. The van der Waals surface area contributed by atoms with Crippen LogP contribution in [0, 0.1) is 6.92 Å². The van der Waals surface area contributed by atoms with Gasteiger partial charge in [0.2, 0.25) is 0 Å². The first-order valence-corrected chi connectivity index (χ1v) is 7.84. The Balaban J connectivity index is 2.47. The van der Waals surface area contributed by atoms with E-state index in [0.717, 1.165) is 5.56 Å². The number of rotatable bonds is 4. The third-order valence-corrected chi connectivity index (χ3v) is 4.96. The van der Waals surface area contributed by atoms with Gasteiger partial charge >= 0.3 is 0 Å². The molecule has 2 aromatic carbocycles. The Bertz CT molecular complexity index is 694. The third kappa shape index (κ3) is 2.77. The summed E-state index contributed by atoms with van der Waals surface area (Å²) in [7, 11) is -3.56. The van der Waals surface area contributed by atoms with Crippen molar-refractivity contribution in [1.29, 1.82) is 0 Å². The molecule has 0 aromatic heterocycles. The van der Waals surface area contributed by atoms with Crippen molar-refractivity contribution >= 4 is 21.4 Å². The highest BCUT2D eigenvalue weighted by Crippen LogP contribution is 2.24. The molecule has 0 bridgehead atoms. The van der Waals surface area contributed by atoms with Crippen LogP contribution in [0.5, 0.6) is 0 Å². The molecule has 2 rings (SSSR count). The minimum Gasteiger partial charge on any atom is -0.399 e. The molecule has 5 heteroatoms. The normalized spacial score (nSPS) is 11.3. The van der Waals surface area contributed by atoms with Gasteiger partial charge in [0.1, 0.15) is 0 Å². The summed E-state index contributed by atoms with van der Waals surface area (Å²) >= 11 is 0. The van der Waals surface area contributed by atoms with Crippen molar-refractivity contribution < 1.29 is 8.42 Å². The highest BCUT2D eigenvalue weighted by molar-refractivity contribution is 7.92. The predicted molar refractivity (Wildman–Crippen MR) is 82.2 cm³/mol. The lowest BCUT2D eigenvalue weighted by Gasteiger charge is -2.23. The van der Waals surface area contributed by atoms with Crippen molar-refractivity contribution in [1.82, 2.24) is 0 Å². The van der Waals surface area contributed by atoms with Gasteiger partial charge in [0.25, 0.3) is 10.0 Å². The molecule has 0 saturated carbocycles. The molecule has 0 heterocycles. The predicted octanol–water partition coefficient (Wildman–Crippen LogP) is 2.79. The highest BCUT2D eigenvalue weighted by Gasteiger charge is 2.23. The molecule has 20 heavy (non-hydrogen) atoms. The summed E-state index contributed by atoms with van der Waals surface area (Å²) in [4.78, 5) is 0.245. The van der Waals surface area contributed by atoms with Gasteiger partial charge in [0, 0.05) is 12.2 Å². The van der Waals surface area contributed by atoms with E-state index >= 15 is 0 Å². The average molecular weight is 290 g/mol. The van der Waals surface area contributed by atoms with Gasteiger partial charge in [-0.2, -0.15) is 0 Å². The van der Waals surface area contributed by atoms with Gasteiger partial charge in [0.05, 0.1) is 10.6 Å². The van der Waals surface area contributed by atoms with Crippen LogP contribution in [0.25, 0.3) is 0 Å². The van der Waals surface area contributed by atoms with E-state index in [2.05, 4.69) is 0 Å². The second kappa shape index (κ2) is 5.54. The SMILES string of the molecule is CCN(c1cccc(C)c1)S(=O)(=O)c1ccc(N)cc1. The summed E-state index contributed by atoms with van der Waals surface area (Å²) in [6, 6.07) is 13.7. The topological polar surface area (TPSA) is 63.4 Å². The van der Waals surface area contributed by atoms with E-state index in [4.69, 9.17) is 5.73 Å². The van der Waals surface area contributed by atoms with Crippen LogP contribution in [0.2, 0.25) is 0 Å². The van der Waals surface area contributed by atoms with Gasteiger partial charge in [0.15, 0.2) is 0 Å². The lowest BCUT2D eigenvalue weighted by molar-refractivity contribution is 0.592. The molecule has 4 nitrogen and oxygen atoms in total. The molecule has 0 saturated heterocycles. The summed E-state index contributed by atoms with van der Waals surface area (Å²) in [5.41, 5.74) is 7.84. The zero-order valence-electron chi connectivity index (χ0n) is 11.6. The van der Waals surface area contributed by atoms with Crippen LogP contribution >= 0.6 is 0 Å². The number of aryl methyl sites for hydroxylation is 1. The maximum absolute atomic E-state index is 12.7. The van der Waals surface area contributed by atoms with E-state index in [0.29, 0.717) is 17.9 Å². The second-order valence-electron chi connectivity index (χ2n) is 4.58. The van der Waals surface area contributed by atoms with Crippen molar-refractivity contribution in [2.24, 2.45) is 0 Å². The third-order valence-electron chi connectivity index (χ3n) is 3.04. The minimum absolute atomic E-state index is 0.245. The molecule has 106 valence electrons. The number of anilines is 2. The molecule has 0 fully saturated rings. The van der Waals surface area contributed by atoms with Crippen LogP contribution in [0.3, 0.4) is 0 Å². The molecular formula is C15H18N2O2S. The zero-order valence-corrected chi connectivity index (χ0v) is 12.4. The molecule has 0 aliphatic heterocycles.